The van der Waals surface area contributed by atoms with Crippen LogP contribution in [0.2, 0.25) is 5.02 Å². The second-order valence-electron chi connectivity index (χ2n) is 6.05. The van der Waals surface area contributed by atoms with Crippen LogP contribution in [0.5, 0.6) is 0 Å². The van der Waals surface area contributed by atoms with Gasteiger partial charge in [-0.3, -0.25) is 4.98 Å². The lowest BCUT2D eigenvalue weighted by molar-refractivity contribution is 0.552. The zero-order valence-corrected chi connectivity index (χ0v) is 11.2. The monoisotopic (exact) mass is 225 g/mol. The smallest absolute Gasteiger partial charge is 0.0626 e. The summed E-state index contributed by atoms with van der Waals surface area (Å²) in [7, 11) is 0. The van der Waals surface area contributed by atoms with Gasteiger partial charge in [0.1, 0.15) is 0 Å². The minimum atomic E-state index is 0.0695. The molecule has 0 atom stereocenters. The van der Waals surface area contributed by atoms with E-state index in [1.165, 1.54) is 5.56 Å². The fourth-order valence-electron chi connectivity index (χ4n) is 1.42. The Morgan fingerprint density at radius 2 is 1.53 bits per heavy atom. The Bertz CT molecular complexity index is 356. The van der Waals surface area contributed by atoms with Gasteiger partial charge in [0.15, 0.2) is 0 Å². The van der Waals surface area contributed by atoms with Gasteiger partial charge >= 0.3 is 0 Å². The van der Waals surface area contributed by atoms with Crippen LogP contribution in [0.3, 0.4) is 0 Å². The van der Waals surface area contributed by atoms with Gasteiger partial charge in [-0.05, 0) is 17.0 Å². The summed E-state index contributed by atoms with van der Waals surface area (Å²) in [5, 5.41) is 0.760. The van der Waals surface area contributed by atoms with Gasteiger partial charge in [-0.25, -0.2) is 0 Å². The highest BCUT2D eigenvalue weighted by molar-refractivity contribution is 6.31. The van der Waals surface area contributed by atoms with E-state index in [1.54, 1.807) is 6.20 Å². The summed E-state index contributed by atoms with van der Waals surface area (Å²) in [6.07, 6.45) is 1.77. The maximum Gasteiger partial charge on any atom is 0.0626 e. The van der Waals surface area contributed by atoms with Crippen LogP contribution < -0.4 is 0 Å². The molecule has 0 aromatic carbocycles. The van der Waals surface area contributed by atoms with E-state index in [0.29, 0.717) is 0 Å². The highest BCUT2D eigenvalue weighted by Gasteiger charge is 2.22. The summed E-state index contributed by atoms with van der Waals surface area (Å²) in [5.41, 5.74) is 2.41. The summed E-state index contributed by atoms with van der Waals surface area (Å²) >= 11 is 6.17. The lowest BCUT2D eigenvalue weighted by Crippen LogP contribution is -2.18. The average molecular weight is 226 g/mol. The first-order valence-electron chi connectivity index (χ1n) is 5.29. The van der Waals surface area contributed by atoms with Gasteiger partial charge in [-0.2, -0.15) is 0 Å². The molecule has 0 N–H and O–H groups in total. The Labute approximate surface area is 97.9 Å². The van der Waals surface area contributed by atoms with Crippen LogP contribution in [0.25, 0.3) is 0 Å². The number of hydrogen-bond donors (Lipinski definition) is 0. The minimum Gasteiger partial charge on any atom is -0.259 e. The molecular weight excluding hydrogens is 206 g/mol. The second-order valence-corrected chi connectivity index (χ2v) is 6.46. The molecule has 0 saturated carbocycles. The van der Waals surface area contributed by atoms with E-state index in [4.69, 9.17) is 11.6 Å². The molecule has 0 bridgehead atoms. The van der Waals surface area contributed by atoms with Crippen molar-refractivity contribution in [3.63, 3.8) is 0 Å². The van der Waals surface area contributed by atoms with Crippen molar-refractivity contribution in [1.29, 1.82) is 0 Å². The van der Waals surface area contributed by atoms with E-state index in [2.05, 4.69) is 52.6 Å². The van der Waals surface area contributed by atoms with Crippen molar-refractivity contribution in [3.05, 3.63) is 28.5 Å². The van der Waals surface area contributed by atoms with E-state index >= 15 is 0 Å². The van der Waals surface area contributed by atoms with Gasteiger partial charge in [0.05, 0.1) is 5.02 Å². The fourth-order valence-corrected chi connectivity index (χ4v) is 1.81. The molecule has 2 heteroatoms. The topological polar surface area (TPSA) is 12.9 Å². The largest absolute Gasteiger partial charge is 0.259 e. The number of hydrogen-bond acceptors (Lipinski definition) is 1. The highest BCUT2D eigenvalue weighted by Crippen LogP contribution is 2.32. The van der Waals surface area contributed by atoms with Crippen molar-refractivity contribution in [2.45, 2.75) is 52.4 Å². The van der Waals surface area contributed by atoms with Gasteiger partial charge in [0.2, 0.25) is 0 Å². The van der Waals surface area contributed by atoms with Crippen molar-refractivity contribution in [2.75, 3.05) is 0 Å². The van der Waals surface area contributed by atoms with Gasteiger partial charge < -0.3 is 0 Å². The van der Waals surface area contributed by atoms with Crippen molar-refractivity contribution in [1.82, 2.24) is 4.98 Å². The lowest BCUT2D eigenvalue weighted by atomic mass is 9.84. The molecule has 1 rings (SSSR count). The van der Waals surface area contributed by atoms with Crippen molar-refractivity contribution >= 4 is 11.6 Å². The normalized spacial score (nSPS) is 13.0. The SMILES string of the molecule is CC(C)(C)c1cc(C(C)(C)C)c(Cl)cn1. The summed E-state index contributed by atoms with van der Waals surface area (Å²) in [5.74, 6) is 0. The standard InChI is InChI=1S/C13H20ClN/c1-12(2,3)9-7-11(13(4,5)6)15-8-10(9)14/h7-8H,1-6H3. The molecule has 0 saturated heterocycles. The van der Waals surface area contributed by atoms with Crippen molar-refractivity contribution in [2.24, 2.45) is 0 Å². The van der Waals surface area contributed by atoms with Crippen LogP contribution >= 0.6 is 11.6 Å². The van der Waals surface area contributed by atoms with E-state index in [-0.39, 0.29) is 10.8 Å². The molecule has 15 heavy (non-hydrogen) atoms. The van der Waals surface area contributed by atoms with E-state index in [1.807, 2.05) is 0 Å². The third kappa shape index (κ3) is 2.94. The number of rotatable bonds is 0. The van der Waals surface area contributed by atoms with E-state index in [0.717, 1.165) is 10.7 Å². The van der Waals surface area contributed by atoms with E-state index in [9.17, 15) is 0 Å². The first-order valence-corrected chi connectivity index (χ1v) is 5.66. The molecule has 1 heterocycles. The molecule has 0 radical (unpaired) electrons. The van der Waals surface area contributed by atoms with Crippen LogP contribution in [0.15, 0.2) is 12.3 Å². The summed E-state index contributed by atoms with van der Waals surface area (Å²) in [6.45, 7) is 13.0. The Morgan fingerprint density at radius 3 is 1.93 bits per heavy atom. The average Bonchev–Trinajstić information content (AvgIpc) is 2.00. The predicted octanol–water partition coefficient (Wildman–Crippen LogP) is 4.33. The van der Waals surface area contributed by atoms with Crippen LogP contribution in [0.4, 0.5) is 0 Å². The minimum absolute atomic E-state index is 0.0695. The fraction of sp³-hybridized carbons (Fsp3) is 0.615. The molecule has 0 spiro atoms. The van der Waals surface area contributed by atoms with Crippen LogP contribution in [0, 0.1) is 0 Å². The number of aromatic nitrogens is 1. The molecule has 84 valence electrons. The Morgan fingerprint density at radius 1 is 1.00 bits per heavy atom. The summed E-state index contributed by atoms with van der Waals surface area (Å²) in [6, 6.07) is 2.13. The second kappa shape index (κ2) is 3.79. The van der Waals surface area contributed by atoms with Crippen LogP contribution in [-0.2, 0) is 10.8 Å². The maximum atomic E-state index is 6.17. The molecule has 0 aliphatic rings. The third-order valence-electron chi connectivity index (χ3n) is 2.43. The predicted molar refractivity (Wildman–Crippen MR) is 66.6 cm³/mol. The van der Waals surface area contributed by atoms with Gasteiger partial charge in [-0.1, -0.05) is 53.1 Å². The molecule has 0 aliphatic carbocycles. The molecule has 0 unspecified atom stereocenters. The molecule has 0 fully saturated rings. The Balaban J connectivity index is 3.30. The zero-order chi connectivity index (χ0) is 11.9. The molecule has 1 aromatic heterocycles. The van der Waals surface area contributed by atoms with Crippen molar-refractivity contribution < 1.29 is 0 Å². The third-order valence-corrected chi connectivity index (χ3v) is 2.73. The van der Waals surface area contributed by atoms with Crippen LogP contribution in [-0.4, -0.2) is 4.98 Å². The Kier molecular flexibility index (Phi) is 3.16. The lowest BCUT2D eigenvalue weighted by Gasteiger charge is -2.24. The summed E-state index contributed by atoms with van der Waals surface area (Å²) < 4.78 is 0. The zero-order valence-electron chi connectivity index (χ0n) is 10.5. The Hall–Kier alpha value is -0.560. The number of halogens is 1. The highest BCUT2D eigenvalue weighted by atomic mass is 35.5. The molecule has 1 aromatic rings. The number of pyridine rings is 1. The molecular formula is C13H20ClN. The molecule has 1 nitrogen and oxygen atoms in total. The maximum absolute atomic E-state index is 6.17. The van der Waals surface area contributed by atoms with Crippen LogP contribution in [0.1, 0.15) is 52.8 Å². The number of nitrogens with zero attached hydrogens (tertiary/aromatic N) is 1. The first-order chi connectivity index (χ1) is 6.62. The van der Waals surface area contributed by atoms with Gasteiger partial charge in [-0.15, -0.1) is 0 Å². The molecule has 0 amide bonds. The van der Waals surface area contributed by atoms with E-state index < -0.39 is 0 Å². The van der Waals surface area contributed by atoms with Gasteiger partial charge in [0.25, 0.3) is 0 Å². The van der Waals surface area contributed by atoms with Crippen molar-refractivity contribution in [3.8, 4) is 0 Å². The summed E-state index contributed by atoms with van der Waals surface area (Å²) in [4.78, 5) is 4.39. The first kappa shape index (κ1) is 12.5. The quantitative estimate of drug-likeness (QED) is 0.641. The molecule has 0 aliphatic heterocycles. The van der Waals surface area contributed by atoms with Gasteiger partial charge in [0, 0.05) is 17.3 Å².